The third-order valence-electron chi connectivity index (χ3n) is 16.2. The number of hydrogen-bond donors (Lipinski definition) is 3. The van der Waals surface area contributed by atoms with Gasteiger partial charge in [-0.1, -0.05) is 48.5 Å². The second kappa shape index (κ2) is 12.0. The number of carboxylic acid groups (broad SMARTS) is 1. The number of aliphatic hydroxyl groups is 1. The Morgan fingerprint density at radius 1 is 1.00 bits per heavy atom. The number of aliphatic carboxylic acids is 1. The van der Waals surface area contributed by atoms with Crippen LogP contribution in [0.15, 0.2) is 0 Å². The highest BCUT2D eigenvalue weighted by Gasteiger charge is 2.84. The number of rotatable bonds is 8. The minimum absolute atomic E-state index is 0.0234. The van der Waals surface area contributed by atoms with Crippen LogP contribution in [0.25, 0.3) is 0 Å². The van der Waals surface area contributed by atoms with E-state index in [0.29, 0.717) is 30.7 Å². The average molecular weight is 687 g/mol. The second-order valence-corrected chi connectivity index (χ2v) is 18.8. The molecule has 5 saturated carbocycles. The molecule has 0 aromatic carbocycles. The molecule has 4 unspecified atom stereocenters. The first-order valence-electron chi connectivity index (χ1n) is 19.5. The van der Waals surface area contributed by atoms with Gasteiger partial charge in [-0.3, -0.25) is 4.79 Å². The maximum Gasteiger partial charge on any atom is 0.410 e. The molecule has 2 heterocycles. The largest absolute Gasteiger partial charge is 0.481 e. The molecule has 2 aliphatic heterocycles. The van der Waals surface area contributed by atoms with E-state index in [4.69, 9.17) is 19.3 Å². The lowest BCUT2D eigenvalue weighted by Crippen LogP contribution is -2.60. The summed E-state index contributed by atoms with van der Waals surface area (Å²) in [6.45, 7) is 17.8. The molecule has 276 valence electrons. The van der Waals surface area contributed by atoms with Crippen LogP contribution in [0, 0.1) is 56.7 Å². The molecule has 5 aliphatic carbocycles. The van der Waals surface area contributed by atoms with Gasteiger partial charge in [-0.25, -0.2) is 9.59 Å². The first-order chi connectivity index (χ1) is 23.0. The summed E-state index contributed by atoms with van der Waals surface area (Å²) in [7, 11) is 0. The number of nitrogens with one attached hydrogen (secondary N) is 1. The molecule has 7 rings (SSSR count). The Hall–Kier alpha value is -2.07. The number of carbonyl (C=O) groups excluding carboxylic acids is 2. The highest BCUT2D eigenvalue weighted by atomic mass is 16.6. The van der Waals surface area contributed by atoms with Crippen molar-refractivity contribution in [2.45, 2.75) is 150 Å². The minimum atomic E-state index is -0.866. The summed E-state index contributed by atoms with van der Waals surface area (Å²) in [6, 6.07) is 0. The van der Waals surface area contributed by atoms with Crippen molar-refractivity contribution < 1.29 is 38.8 Å². The zero-order valence-corrected chi connectivity index (χ0v) is 31.0. The number of likely N-dealkylation sites (tertiary alicyclic amines) is 1. The van der Waals surface area contributed by atoms with Crippen LogP contribution >= 0.6 is 0 Å². The van der Waals surface area contributed by atoms with E-state index in [9.17, 15) is 19.5 Å². The summed E-state index contributed by atoms with van der Waals surface area (Å²) >= 11 is 0. The van der Waals surface area contributed by atoms with Crippen LogP contribution in [0.4, 0.5) is 9.59 Å². The summed E-state index contributed by atoms with van der Waals surface area (Å²) in [4.78, 5) is 38.3. The van der Waals surface area contributed by atoms with Crippen molar-refractivity contribution >= 4 is 18.2 Å². The zero-order valence-electron chi connectivity index (χ0n) is 31.0. The van der Waals surface area contributed by atoms with Gasteiger partial charge in [0.2, 0.25) is 0 Å². The van der Waals surface area contributed by atoms with Gasteiger partial charge in [-0.15, -0.1) is 0 Å². The maximum absolute atomic E-state index is 12.9. The number of fused-ring (bicyclic) bond motifs is 4. The van der Waals surface area contributed by atoms with Crippen LogP contribution < -0.4 is 5.32 Å². The first kappa shape index (κ1) is 35.3. The molecule has 2 amide bonds. The van der Waals surface area contributed by atoms with Gasteiger partial charge in [-0.05, 0) is 110 Å². The van der Waals surface area contributed by atoms with E-state index in [0.717, 1.165) is 58.0 Å². The predicted octanol–water partition coefficient (Wildman–Crippen LogP) is 6.63. The highest BCUT2D eigenvalue weighted by molar-refractivity contribution is 5.69. The number of hydrogen-bond acceptors (Lipinski definition) is 7. The van der Waals surface area contributed by atoms with Crippen molar-refractivity contribution in [3.63, 3.8) is 0 Å². The molecule has 7 fully saturated rings. The van der Waals surface area contributed by atoms with Gasteiger partial charge in [0, 0.05) is 36.9 Å². The van der Waals surface area contributed by atoms with Gasteiger partial charge < -0.3 is 34.6 Å². The van der Waals surface area contributed by atoms with Gasteiger partial charge >= 0.3 is 18.2 Å². The molecule has 2 saturated heterocycles. The molecule has 2 spiro atoms. The molecule has 0 aromatic heterocycles. The fourth-order valence-electron chi connectivity index (χ4n) is 13.7. The number of carboxylic acids is 1. The molecule has 13 atom stereocenters. The average Bonchev–Trinajstić information content (AvgIpc) is 3.63. The topological polar surface area (TPSA) is 135 Å². The molecule has 10 heteroatoms. The number of alkyl carbamates (subject to hydrolysis) is 1. The van der Waals surface area contributed by atoms with Crippen LogP contribution in [0.2, 0.25) is 0 Å². The number of ether oxygens (including phenoxy) is 3. The number of carbonyl (C=O) groups is 3. The summed E-state index contributed by atoms with van der Waals surface area (Å²) in [5, 5.41) is 24.3. The predicted molar refractivity (Wildman–Crippen MR) is 183 cm³/mol. The van der Waals surface area contributed by atoms with Crippen molar-refractivity contribution in [2.75, 3.05) is 19.6 Å². The van der Waals surface area contributed by atoms with Crippen molar-refractivity contribution in [1.82, 2.24) is 10.2 Å². The number of nitrogens with zero attached hydrogens (tertiary/aromatic N) is 1. The van der Waals surface area contributed by atoms with Crippen LogP contribution in [0.1, 0.15) is 119 Å². The van der Waals surface area contributed by atoms with Crippen molar-refractivity contribution in [2.24, 2.45) is 56.7 Å². The SMILES string of the molecule is CC(C)[C@@H](OC(=O)N1CCC1)C1C[C@@H](C)[C@H]2C(O1)[C@H](O)[C@@]1(C)C3CC[C@H]4C(C)(C)C(OC(=O)NCCCC(=O)O)CC[C@@]45C[C@@]35CC[C@]21C. The van der Waals surface area contributed by atoms with Gasteiger partial charge in [-0.2, -0.15) is 0 Å². The second-order valence-electron chi connectivity index (χ2n) is 18.8. The van der Waals surface area contributed by atoms with Crippen LogP contribution in [0.3, 0.4) is 0 Å². The molecule has 0 radical (unpaired) electrons. The number of amides is 2. The molecular weight excluding hydrogens is 624 g/mol. The molecule has 0 bridgehead atoms. The Morgan fingerprint density at radius 2 is 1.69 bits per heavy atom. The molecule has 10 nitrogen and oxygen atoms in total. The maximum atomic E-state index is 12.9. The lowest BCUT2D eigenvalue weighted by molar-refractivity contribution is -0.185. The van der Waals surface area contributed by atoms with E-state index in [1.54, 1.807) is 4.90 Å². The van der Waals surface area contributed by atoms with Gasteiger partial charge in [0.1, 0.15) is 12.2 Å². The molecular formula is C39H62N2O8. The summed E-state index contributed by atoms with van der Waals surface area (Å²) in [5.74, 6) is 0.685. The van der Waals surface area contributed by atoms with Gasteiger partial charge in [0.25, 0.3) is 0 Å². The molecule has 49 heavy (non-hydrogen) atoms. The summed E-state index contributed by atoms with van der Waals surface area (Å²) < 4.78 is 19.2. The van der Waals surface area contributed by atoms with E-state index in [1.807, 2.05) is 0 Å². The minimum Gasteiger partial charge on any atom is -0.481 e. The normalized spacial score (nSPS) is 46.5. The highest BCUT2D eigenvalue weighted by Crippen LogP contribution is 2.89. The quantitative estimate of drug-likeness (QED) is 0.243. The third kappa shape index (κ3) is 5.02. The fraction of sp³-hybridized carbons (Fsp3) is 0.923. The Labute approximate surface area is 292 Å². The van der Waals surface area contributed by atoms with Crippen LogP contribution in [-0.4, -0.2) is 83.4 Å². The third-order valence-corrected chi connectivity index (χ3v) is 16.2. The van der Waals surface area contributed by atoms with Crippen molar-refractivity contribution in [3.8, 4) is 0 Å². The van der Waals surface area contributed by atoms with E-state index in [2.05, 4.69) is 53.8 Å². The summed E-state index contributed by atoms with van der Waals surface area (Å²) in [6.07, 6.45) is 7.43. The number of aliphatic hydroxyl groups excluding tert-OH is 1. The molecule has 0 aromatic rings. The van der Waals surface area contributed by atoms with E-state index < -0.39 is 18.2 Å². The Bertz CT molecular complexity index is 1330. The van der Waals surface area contributed by atoms with Gasteiger partial charge in [0.05, 0.1) is 18.3 Å². The fourth-order valence-corrected chi connectivity index (χ4v) is 13.7. The summed E-state index contributed by atoms with van der Waals surface area (Å²) in [5.41, 5.74) is -0.121. The van der Waals surface area contributed by atoms with Crippen LogP contribution in [-0.2, 0) is 19.0 Å². The Kier molecular flexibility index (Phi) is 8.65. The van der Waals surface area contributed by atoms with E-state index in [1.165, 1.54) is 12.8 Å². The van der Waals surface area contributed by atoms with Crippen molar-refractivity contribution in [1.29, 1.82) is 0 Å². The van der Waals surface area contributed by atoms with Gasteiger partial charge in [0.15, 0.2) is 0 Å². The lowest BCUT2D eigenvalue weighted by atomic mass is 9.41. The van der Waals surface area contributed by atoms with Crippen molar-refractivity contribution in [3.05, 3.63) is 0 Å². The first-order valence-corrected chi connectivity index (χ1v) is 19.5. The van der Waals surface area contributed by atoms with E-state index in [-0.39, 0.29) is 75.8 Å². The van der Waals surface area contributed by atoms with E-state index >= 15 is 0 Å². The zero-order chi connectivity index (χ0) is 35.3. The van der Waals surface area contributed by atoms with Crippen LogP contribution in [0.5, 0.6) is 0 Å². The molecule has 7 aliphatic rings. The smallest absolute Gasteiger partial charge is 0.410 e. The lowest BCUT2D eigenvalue weighted by Gasteiger charge is -2.63. The monoisotopic (exact) mass is 686 g/mol. The Balaban J connectivity index is 1.08. The molecule has 3 N–H and O–H groups in total. The standard InChI is InChI=1S/C39H62N2O8/c1-22(2)30(49-34(46)41-18-9-19-41)24-20-23(3)29-31(47-24)32(44)37(7)26-12-11-25-35(4,5)27(48-33(45)40-17-8-10-28(42)43)13-14-38(25)21-39(26,38)16-15-36(29,37)6/h22-27,29-32,44H,8-21H2,1-7H3,(H,40,45)(H,42,43)/t23-,24?,25+,26?,27?,29+,30-,31?,32+,36-,37-,38-,39+/m1/s1. The Morgan fingerprint density at radius 3 is 2.35 bits per heavy atom.